The van der Waals surface area contributed by atoms with Crippen LogP contribution in [0.5, 0.6) is 5.75 Å². The van der Waals surface area contributed by atoms with Gasteiger partial charge in [-0.05, 0) is 29.8 Å². The Morgan fingerprint density at radius 3 is 2.64 bits per heavy atom. The molecule has 5 aromatic rings. The molecule has 0 spiro atoms. The van der Waals surface area contributed by atoms with Crippen molar-refractivity contribution in [1.82, 2.24) is 30.3 Å². The molecule has 3 heterocycles. The first-order valence-corrected chi connectivity index (χ1v) is 11.6. The number of carbonyl (C=O) groups excluding carboxylic acids is 1. The lowest BCUT2D eigenvalue weighted by Gasteiger charge is -2.10. The van der Waals surface area contributed by atoms with E-state index in [1.165, 1.54) is 37.7 Å². The molecule has 0 aliphatic carbocycles. The summed E-state index contributed by atoms with van der Waals surface area (Å²) in [5, 5.41) is 14.1. The second kappa shape index (κ2) is 10.1. The van der Waals surface area contributed by atoms with Crippen LogP contribution in [0.4, 0.5) is 23.4 Å². The Bertz CT molecular complexity index is 1660. The van der Waals surface area contributed by atoms with Gasteiger partial charge in [0.1, 0.15) is 18.1 Å². The molecule has 4 N–H and O–H groups in total. The molecule has 3 aromatic heterocycles. The number of amides is 1. The van der Waals surface area contributed by atoms with Gasteiger partial charge in [-0.25, -0.2) is 4.39 Å². The highest BCUT2D eigenvalue weighted by molar-refractivity contribution is 6.05. The smallest absolute Gasteiger partial charge is 0.408 e. The van der Waals surface area contributed by atoms with Crippen molar-refractivity contribution in [1.29, 1.82) is 0 Å². The maximum absolute atomic E-state index is 13.6. The largest absolute Gasteiger partial charge is 0.496 e. The topological polar surface area (TPSA) is 124 Å². The number of nitrogens with one attached hydrogen (secondary N) is 2. The van der Waals surface area contributed by atoms with E-state index in [9.17, 15) is 22.4 Å². The highest BCUT2D eigenvalue weighted by atomic mass is 19.4. The van der Waals surface area contributed by atoms with Crippen molar-refractivity contribution in [2.45, 2.75) is 19.3 Å². The maximum Gasteiger partial charge on any atom is 0.408 e. The van der Waals surface area contributed by atoms with Gasteiger partial charge in [-0.2, -0.15) is 23.4 Å². The lowest BCUT2D eigenvalue weighted by Crippen LogP contribution is -2.23. The molecule has 0 saturated carbocycles. The van der Waals surface area contributed by atoms with E-state index in [2.05, 4.69) is 25.6 Å². The van der Waals surface area contributed by atoms with E-state index in [1.54, 1.807) is 24.3 Å². The van der Waals surface area contributed by atoms with E-state index in [4.69, 9.17) is 10.5 Å². The standard InChI is InChI=1S/C26H21F4N7O2/c1-39-20-7-6-16(27)10-17(20)25(38)33-11-14-2-4-15(5-3-14)22-21-23(34-35-24(21)31)18(12-32-22)19-8-9-37(36-19)13-26(28,29)30/h2-10,12H,11,13H2,1H3,(H,33,38)(H3,31,34,35). The Morgan fingerprint density at radius 2 is 1.92 bits per heavy atom. The number of alkyl halides is 3. The molecular weight excluding hydrogens is 518 g/mol. The van der Waals surface area contributed by atoms with Gasteiger partial charge in [0.05, 0.1) is 35.0 Å². The Balaban J connectivity index is 1.37. The van der Waals surface area contributed by atoms with E-state index in [1.807, 2.05) is 0 Å². The number of methoxy groups -OCH3 is 1. The number of hydrogen-bond donors (Lipinski definition) is 3. The number of H-pyrrole nitrogens is 1. The van der Waals surface area contributed by atoms with E-state index in [0.29, 0.717) is 27.7 Å². The molecule has 0 saturated heterocycles. The van der Waals surface area contributed by atoms with Gasteiger partial charge in [-0.3, -0.25) is 19.6 Å². The van der Waals surface area contributed by atoms with Crippen LogP contribution in [-0.2, 0) is 13.1 Å². The molecule has 200 valence electrons. The van der Waals surface area contributed by atoms with Crippen molar-refractivity contribution in [3.8, 4) is 28.3 Å². The Hall–Kier alpha value is -4.94. The molecule has 13 heteroatoms. The number of pyridine rings is 1. The lowest BCUT2D eigenvalue weighted by molar-refractivity contribution is -0.142. The third-order valence-corrected chi connectivity index (χ3v) is 5.97. The van der Waals surface area contributed by atoms with Gasteiger partial charge < -0.3 is 15.8 Å². The van der Waals surface area contributed by atoms with E-state index in [0.717, 1.165) is 16.3 Å². The molecule has 0 aliphatic heterocycles. The summed E-state index contributed by atoms with van der Waals surface area (Å²) in [4.78, 5) is 17.1. The number of nitrogen functional groups attached to an aromatic ring is 1. The molecule has 1 amide bonds. The predicted octanol–water partition coefficient (Wildman–Crippen LogP) is 4.71. The summed E-state index contributed by atoms with van der Waals surface area (Å²) >= 11 is 0. The summed E-state index contributed by atoms with van der Waals surface area (Å²) in [6, 6.07) is 12.3. The highest BCUT2D eigenvalue weighted by Gasteiger charge is 2.28. The molecule has 39 heavy (non-hydrogen) atoms. The number of nitrogens with two attached hydrogens (primary N) is 1. The third kappa shape index (κ3) is 5.37. The van der Waals surface area contributed by atoms with Gasteiger partial charge in [-0.1, -0.05) is 24.3 Å². The van der Waals surface area contributed by atoms with Crippen molar-refractivity contribution >= 4 is 22.6 Å². The van der Waals surface area contributed by atoms with Crippen LogP contribution in [0.2, 0.25) is 0 Å². The number of rotatable bonds is 7. The average Bonchev–Trinajstić information content (AvgIpc) is 3.53. The number of aromatic nitrogens is 5. The number of halogens is 4. The average molecular weight is 539 g/mol. The number of aromatic amines is 1. The van der Waals surface area contributed by atoms with E-state index in [-0.39, 0.29) is 29.4 Å². The van der Waals surface area contributed by atoms with Crippen molar-refractivity contribution in [3.63, 3.8) is 0 Å². The monoisotopic (exact) mass is 539 g/mol. The van der Waals surface area contributed by atoms with Gasteiger partial charge >= 0.3 is 6.18 Å². The zero-order valence-corrected chi connectivity index (χ0v) is 20.4. The van der Waals surface area contributed by atoms with Crippen molar-refractivity contribution in [2.75, 3.05) is 12.8 Å². The molecule has 5 rings (SSSR count). The van der Waals surface area contributed by atoms with Crippen molar-refractivity contribution in [2.24, 2.45) is 0 Å². The van der Waals surface area contributed by atoms with Crippen LogP contribution in [-0.4, -0.2) is 44.2 Å². The summed E-state index contributed by atoms with van der Waals surface area (Å²) < 4.78 is 57.8. The fourth-order valence-electron chi connectivity index (χ4n) is 4.15. The van der Waals surface area contributed by atoms with E-state index >= 15 is 0 Å². The molecule has 2 aromatic carbocycles. The summed E-state index contributed by atoms with van der Waals surface area (Å²) in [7, 11) is 1.40. The first-order chi connectivity index (χ1) is 18.6. The number of ether oxygens (including phenoxy) is 1. The minimum absolute atomic E-state index is 0.0828. The zero-order chi connectivity index (χ0) is 27.7. The SMILES string of the molecule is COc1ccc(F)cc1C(=O)NCc1ccc(-c2ncc(-c3ccn(CC(F)(F)F)n3)c3[nH]nc(N)c23)cc1. The summed E-state index contributed by atoms with van der Waals surface area (Å²) in [5.74, 6) is -0.612. The number of fused-ring (bicyclic) bond motifs is 1. The lowest BCUT2D eigenvalue weighted by atomic mass is 10.0. The van der Waals surface area contributed by atoms with Crippen molar-refractivity contribution in [3.05, 3.63) is 77.9 Å². The summed E-state index contributed by atoms with van der Waals surface area (Å²) in [5.41, 5.74) is 9.39. The summed E-state index contributed by atoms with van der Waals surface area (Å²) in [6.45, 7) is -1.04. The Labute approximate surface area is 218 Å². The van der Waals surface area contributed by atoms with Crippen LogP contribution >= 0.6 is 0 Å². The molecular formula is C26H21F4N7O2. The first-order valence-electron chi connectivity index (χ1n) is 11.6. The fourth-order valence-corrected chi connectivity index (χ4v) is 4.15. The second-order valence-electron chi connectivity index (χ2n) is 8.62. The third-order valence-electron chi connectivity index (χ3n) is 5.97. The molecule has 0 aliphatic rings. The van der Waals surface area contributed by atoms with Gasteiger partial charge in [0.25, 0.3) is 5.91 Å². The first kappa shape index (κ1) is 25.7. The normalized spacial score (nSPS) is 11.6. The van der Waals surface area contributed by atoms with Crippen LogP contribution in [0.25, 0.3) is 33.4 Å². The zero-order valence-electron chi connectivity index (χ0n) is 20.4. The molecule has 0 radical (unpaired) electrons. The predicted molar refractivity (Wildman–Crippen MR) is 135 cm³/mol. The Kier molecular flexibility index (Phi) is 6.64. The van der Waals surface area contributed by atoms with Crippen LogP contribution in [0.15, 0.2) is 60.9 Å². The van der Waals surface area contributed by atoms with Crippen LogP contribution in [0, 0.1) is 5.82 Å². The fraction of sp³-hybridized carbons (Fsp3) is 0.154. The number of carbonyl (C=O) groups is 1. The van der Waals surface area contributed by atoms with Crippen molar-refractivity contribution < 1.29 is 27.1 Å². The quantitative estimate of drug-likeness (QED) is 0.258. The number of nitrogens with zero attached hydrogens (tertiary/aromatic N) is 4. The van der Waals surface area contributed by atoms with E-state index < -0.39 is 24.4 Å². The van der Waals surface area contributed by atoms with Gasteiger partial charge in [0.2, 0.25) is 0 Å². The maximum atomic E-state index is 13.6. The molecule has 0 bridgehead atoms. The Morgan fingerprint density at radius 1 is 1.15 bits per heavy atom. The number of benzene rings is 2. The van der Waals surface area contributed by atoms with Crippen LogP contribution < -0.4 is 15.8 Å². The minimum atomic E-state index is -4.40. The van der Waals surface area contributed by atoms with Gasteiger partial charge in [0.15, 0.2) is 5.82 Å². The van der Waals surface area contributed by atoms with Gasteiger partial charge in [0, 0.05) is 30.1 Å². The molecule has 0 unspecified atom stereocenters. The molecule has 0 atom stereocenters. The van der Waals surface area contributed by atoms with Crippen LogP contribution in [0.3, 0.4) is 0 Å². The number of hydrogen-bond acceptors (Lipinski definition) is 6. The molecule has 0 fully saturated rings. The minimum Gasteiger partial charge on any atom is -0.496 e. The highest BCUT2D eigenvalue weighted by Crippen LogP contribution is 2.35. The molecule has 9 nitrogen and oxygen atoms in total. The summed E-state index contributed by atoms with van der Waals surface area (Å²) in [6.07, 6.45) is -1.67. The second-order valence-corrected chi connectivity index (χ2v) is 8.62. The van der Waals surface area contributed by atoms with Crippen LogP contribution in [0.1, 0.15) is 15.9 Å². The number of anilines is 1. The van der Waals surface area contributed by atoms with Gasteiger partial charge in [-0.15, -0.1) is 0 Å².